The van der Waals surface area contributed by atoms with Gasteiger partial charge in [0.2, 0.25) is 12.7 Å². The van der Waals surface area contributed by atoms with Crippen molar-refractivity contribution in [2.75, 3.05) is 12.1 Å². The molecule has 1 aromatic carbocycles. The van der Waals surface area contributed by atoms with Gasteiger partial charge in [-0.1, -0.05) is 0 Å². The van der Waals surface area contributed by atoms with Crippen molar-refractivity contribution < 1.29 is 14.3 Å². The van der Waals surface area contributed by atoms with E-state index < -0.39 is 0 Å². The lowest BCUT2D eigenvalue weighted by molar-refractivity contribution is -0.117. The Labute approximate surface area is 122 Å². The third-order valence-electron chi connectivity index (χ3n) is 3.65. The monoisotopic (exact) mass is 287 g/mol. The summed E-state index contributed by atoms with van der Waals surface area (Å²) in [7, 11) is 0. The van der Waals surface area contributed by atoms with E-state index >= 15 is 0 Å². The van der Waals surface area contributed by atoms with Crippen LogP contribution in [0.2, 0.25) is 0 Å². The van der Waals surface area contributed by atoms with Gasteiger partial charge >= 0.3 is 0 Å². The molecule has 1 aliphatic rings. The molecule has 0 aliphatic carbocycles. The number of benzene rings is 1. The Morgan fingerprint density at radius 2 is 2.10 bits per heavy atom. The van der Waals surface area contributed by atoms with Crippen LogP contribution in [-0.2, 0) is 4.79 Å². The van der Waals surface area contributed by atoms with Gasteiger partial charge in [0.15, 0.2) is 11.5 Å². The summed E-state index contributed by atoms with van der Waals surface area (Å²) in [6.45, 7) is 5.90. The van der Waals surface area contributed by atoms with Crippen LogP contribution < -0.4 is 14.8 Å². The van der Waals surface area contributed by atoms with Crippen molar-refractivity contribution >= 4 is 11.6 Å². The number of fused-ring (bicyclic) bond motifs is 1. The van der Waals surface area contributed by atoms with Gasteiger partial charge in [0.05, 0.1) is 11.6 Å². The third-order valence-corrected chi connectivity index (χ3v) is 3.65. The number of carbonyl (C=O) groups is 1. The fourth-order valence-corrected chi connectivity index (χ4v) is 2.55. The number of nitrogens with one attached hydrogen (secondary N) is 2. The van der Waals surface area contributed by atoms with E-state index in [9.17, 15) is 4.79 Å². The van der Waals surface area contributed by atoms with Gasteiger partial charge in [-0.2, -0.15) is 5.10 Å². The number of ether oxygens (including phenoxy) is 2. The highest BCUT2D eigenvalue weighted by Gasteiger charge is 2.22. The number of hydrogen-bond acceptors (Lipinski definition) is 4. The van der Waals surface area contributed by atoms with Crippen molar-refractivity contribution in [1.82, 2.24) is 10.2 Å². The summed E-state index contributed by atoms with van der Waals surface area (Å²) >= 11 is 0. The second-order valence-electron chi connectivity index (χ2n) is 5.13. The van der Waals surface area contributed by atoms with E-state index in [4.69, 9.17) is 9.47 Å². The van der Waals surface area contributed by atoms with Gasteiger partial charge in [0.25, 0.3) is 0 Å². The molecule has 21 heavy (non-hydrogen) atoms. The minimum atomic E-state index is -0.283. The number of carbonyl (C=O) groups excluding carboxylic acids is 1. The number of aromatic amines is 1. The molecule has 0 spiro atoms. The van der Waals surface area contributed by atoms with Gasteiger partial charge in [0, 0.05) is 23.0 Å². The van der Waals surface area contributed by atoms with Crippen LogP contribution in [0.4, 0.5) is 5.69 Å². The first-order valence-corrected chi connectivity index (χ1v) is 6.78. The average Bonchev–Trinajstić information content (AvgIpc) is 3.04. The van der Waals surface area contributed by atoms with Gasteiger partial charge in [-0.05, 0) is 32.9 Å². The number of nitrogens with zero attached hydrogens (tertiary/aromatic N) is 1. The Morgan fingerprint density at radius 3 is 2.81 bits per heavy atom. The number of aryl methyl sites for hydroxylation is 2. The van der Waals surface area contributed by atoms with E-state index in [2.05, 4.69) is 15.5 Å². The minimum absolute atomic E-state index is 0.0820. The molecular weight excluding hydrogens is 270 g/mol. The summed E-state index contributed by atoms with van der Waals surface area (Å²) in [6.07, 6.45) is 0. The van der Waals surface area contributed by atoms with Crippen molar-refractivity contribution in [3.05, 3.63) is 35.2 Å². The quantitative estimate of drug-likeness (QED) is 0.909. The second-order valence-corrected chi connectivity index (χ2v) is 5.13. The van der Waals surface area contributed by atoms with Crippen LogP contribution in [0, 0.1) is 13.8 Å². The Morgan fingerprint density at radius 1 is 1.33 bits per heavy atom. The van der Waals surface area contributed by atoms with Crippen LogP contribution in [-0.4, -0.2) is 22.9 Å². The van der Waals surface area contributed by atoms with E-state index in [1.54, 1.807) is 18.2 Å². The number of amides is 1. The lowest BCUT2D eigenvalue weighted by Gasteiger charge is -2.13. The highest BCUT2D eigenvalue weighted by molar-refractivity contribution is 5.96. The number of rotatable bonds is 3. The summed E-state index contributed by atoms with van der Waals surface area (Å²) in [5, 5.41) is 9.93. The van der Waals surface area contributed by atoms with Crippen molar-refractivity contribution in [1.29, 1.82) is 0 Å². The van der Waals surface area contributed by atoms with E-state index in [-0.39, 0.29) is 18.6 Å². The highest BCUT2D eigenvalue weighted by atomic mass is 16.7. The van der Waals surface area contributed by atoms with Crippen molar-refractivity contribution in [3.63, 3.8) is 0 Å². The standard InChI is InChI=1S/C15H17N3O3/c1-8(14-9(2)17-18-10(14)3)15(19)16-11-4-5-12-13(6-11)21-7-20-12/h4-6,8H,7H2,1-3H3,(H,16,19)(H,17,18). The molecule has 6 nitrogen and oxygen atoms in total. The molecule has 0 saturated heterocycles. The zero-order valence-electron chi connectivity index (χ0n) is 12.2. The van der Waals surface area contributed by atoms with E-state index in [1.165, 1.54) is 0 Å². The minimum Gasteiger partial charge on any atom is -0.454 e. The molecule has 0 bridgehead atoms. The van der Waals surface area contributed by atoms with Gasteiger partial charge in [-0.15, -0.1) is 0 Å². The summed E-state index contributed by atoms with van der Waals surface area (Å²) in [5.74, 6) is 0.981. The predicted molar refractivity (Wildman–Crippen MR) is 77.7 cm³/mol. The summed E-state index contributed by atoms with van der Waals surface area (Å²) in [6, 6.07) is 5.35. The first kappa shape index (κ1) is 13.5. The smallest absolute Gasteiger partial charge is 0.231 e. The topological polar surface area (TPSA) is 76.2 Å². The lowest BCUT2D eigenvalue weighted by Crippen LogP contribution is -2.19. The molecule has 2 N–H and O–H groups in total. The van der Waals surface area contributed by atoms with Crippen molar-refractivity contribution in [2.24, 2.45) is 0 Å². The summed E-state index contributed by atoms with van der Waals surface area (Å²) < 4.78 is 10.6. The molecule has 2 heterocycles. The normalized spacial score (nSPS) is 14.0. The fourth-order valence-electron chi connectivity index (χ4n) is 2.55. The Bertz CT molecular complexity index is 674. The zero-order chi connectivity index (χ0) is 15.0. The van der Waals surface area contributed by atoms with E-state index in [0.29, 0.717) is 17.2 Å². The van der Waals surface area contributed by atoms with Crippen LogP contribution in [0.25, 0.3) is 0 Å². The highest BCUT2D eigenvalue weighted by Crippen LogP contribution is 2.34. The molecule has 1 atom stereocenters. The van der Waals surface area contributed by atoms with Crippen LogP contribution >= 0.6 is 0 Å². The second kappa shape index (κ2) is 5.12. The number of anilines is 1. The molecule has 1 aliphatic heterocycles. The third kappa shape index (κ3) is 2.44. The van der Waals surface area contributed by atoms with Crippen molar-refractivity contribution in [2.45, 2.75) is 26.7 Å². The van der Waals surface area contributed by atoms with Gasteiger partial charge in [-0.3, -0.25) is 9.89 Å². The molecule has 1 unspecified atom stereocenters. The predicted octanol–water partition coefficient (Wildman–Crippen LogP) is 2.50. The average molecular weight is 287 g/mol. The van der Waals surface area contributed by atoms with Crippen LogP contribution in [0.5, 0.6) is 11.5 Å². The van der Waals surface area contributed by atoms with Crippen LogP contribution in [0.3, 0.4) is 0 Å². The molecule has 0 fully saturated rings. The molecule has 0 radical (unpaired) electrons. The molecule has 1 aromatic heterocycles. The fraction of sp³-hybridized carbons (Fsp3) is 0.333. The summed E-state index contributed by atoms with van der Waals surface area (Å²) in [5.41, 5.74) is 3.39. The van der Waals surface area contributed by atoms with E-state index in [1.807, 2.05) is 20.8 Å². The molecule has 110 valence electrons. The maximum atomic E-state index is 12.4. The molecule has 0 saturated carbocycles. The Kier molecular flexibility index (Phi) is 3.29. The first-order chi connectivity index (χ1) is 10.1. The largest absolute Gasteiger partial charge is 0.454 e. The molecule has 3 rings (SSSR count). The SMILES string of the molecule is Cc1n[nH]c(C)c1C(C)C(=O)Nc1ccc2c(c1)OCO2. The zero-order valence-corrected chi connectivity index (χ0v) is 12.2. The maximum Gasteiger partial charge on any atom is 0.231 e. The van der Waals surface area contributed by atoms with Gasteiger partial charge in [-0.25, -0.2) is 0 Å². The Balaban J connectivity index is 1.77. The Hall–Kier alpha value is -2.50. The van der Waals surface area contributed by atoms with Crippen LogP contribution in [0.15, 0.2) is 18.2 Å². The van der Waals surface area contributed by atoms with Gasteiger partial charge in [0.1, 0.15) is 0 Å². The van der Waals surface area contributed by atoms with Gasteiger partial charge < -0.3 is 14.8 Å². The van der Waals surface area contributed by atoms with E-state index in [0.717, 1.165) is 17.0 Å². The number of aromatic nitrogens is 2. The molecule has 6 heteroatoms. The maximum absolute atomic E-state index is 12.4. The van der Waals surface area contributed by atoms with Crippen LogP contribution in [0.1, 0.15) is 29.8 Å². The molecule has 1 amide bonds. The summed E-state index contributed by atoms with van der Waals surface area (Å²) in [4.78, 5) is 12.4. The number of hydrogen-bond donors (Lipinski definition) is 2. The number of H-pyrrole nitrogens is 1. The first-order valence-electron chi connectivity index (χ1n) is 6.78. The molecular formula is C15H17N3O3. The lowest BCUT2D eigenvalue weighted by atomic mass is 9.98. The van der Waals surface area contributed by atoms with Crippen molar-refractivity contribution in [3.8, 4) is 11.5 Å². The molecule has 2 aromatic rings.